The normalized spacial score (nSPS) is 13.7. The Morgan fingerprint density at radius 2 is 1.83 bits per heavy atom. The van der Waals surface area contributed by atoms with Gasteiger partial charge >= 0.3 is 0 Å². The van der Waals surface area contributed by atoms with Crippen molar-refractivity contribution >= 4 is 52.7 Å². The molecule has 0 radical (unpaired) electrons. The van der Waals surface area contributed by atoms with Crippen molar-refractivity contribution in [3.8, 4) is 0 Å². The third-order valence-electron chi connectivity index (χ3n) is 3.54. The molecule has 3 rings (SSSR count). The molecule has 1 aliphatic heterocycles. The largest absolute Gasteiger partial charge is 0.398 e. The van der Waals surface area contributed by atoms with Gasteiger partial charge in [-0.1, -0.05) is 35.3 Å². The molecule has 1 aliphatic rings. The molecular formula is C17H10Cl2N2O3. The van der Waals surface area contributed by atoms with E-state index in [1.807, 2.05) is 0 Å². The minimum Gasteiger partial charge on any atom is -0.398 e. The Kier molecular flexibility index (Phi) is 4.13. The lowest BCUT2D eigenvalue weighted by Crippen LogP contribution is -2.34. The van der Waals surface area contributed by atoms with Gasteiger partial charge in [-0.2, -0.15) is 0 Å². The molecule has 0 atom stereocenters. The highest BCUT2D eigenvalue weighted by Gasteiger charge is 2.40. The summed E-state index contributed by atoms with van der Waals surface area (Å²) >= 11 is 11.8. The van der Waals surface area contributed by atoms with E-state index in [9.17, 15) is 14.4 Å². The van der Waals surface area contributed by atoms with Gasteiger partial charge in [-0.25, -0.2) is 4.90 Å². The Hall–Kier alpha value is -2.63. The molecule has 5 nitrogen and oxygen atoms in total. The summed E-state index contributed by atoms with van der Waals surface area (Å²) in [4.78, 5) is 37.4. The Balaban J connectivity index is 1.89. The van der Waals surface area contributed by atoms with Crippen LogP contribution < -0.4 is 5.73 Å². The highest BCUT2D eigenvalue weighted by atomic mass is 35.5. The van der Waals surface area contributed by atoms with Crippen LogP contribution in [-0.4, -0.2) is 22.6 Å². The highest BCUT2D eigenvalue weighted by molar-refractivity contribution is 6.36. The van der Waals surface area contributed by atoms with Gasteiger partial charge in [-0.15, -0.1) is 0 Å². The van der Waals surface area contributed by atoms with Crippen LogP contribution in [0.4, 0.5) is 5.69 Å². The number of nitrogen functional groups attached to an aromatic ring is 1. The van der Waals surface area contributed by atoms with Gasteiger partial charge in [0.1, 0.15) is 0 Å². The van der Waals surface area contributed by atoms with E-state index in [2.05, 4.69) is 0 Å². The number of anilines is 1. The van der Waals surface area contributed by atoms with Crippen molar-refractivity contribution < 1.29 is 14.4 Å². The summed E-state index contributed by atoms with van der Waals surface area (Å²) in [6.07, 6.45) is 2.51. The minimum atomic E-state index is -0.772. The first kappa shape index (κ1) is 16.2. The van der Waals surface area contributed by atoms with E-state index in [0.29, 0.717) is 20.5 Å². The lowest BCUT2D eigenvalue weighted by atomic mass is 10.1. The lowest BCUT2D eigenvalue weighted by Gasteiger charge is -2.08. The average Bonchev–Trinajstić information content (AvgIpc) is 2.79. The molecule has 0 saturated carbocycles. The zero-order valence-corrected chi connectivity index (χ0v) is 13.6. The van der Waals surface area contributed by atoms with Gasteiger partial charge in [-0.3, -0.25) is 14.4 Å². The number of nitrogens with two attached hydrogens (primary N) is 1. The zero-order chi connectivity index (χ0) is 17.4. The van der Waals surface area contributed by atoms with Crippen LogP contribution in [0.25, 0.3) is 6.08 Å². The van der Waals surface area contributed by atoms with Crippen LogP contribution in [0.15, 0.2) is 42.5 Å². The number of amides is 3. The summed E-state index contributed by atoms with van der Waals surface area (Å²) in [6.45, 7) is 0. The molecule has 0 bridgehead atoms. The number of halogens is 2. The van der Waals surface area contributed by atoms with E-state index < -0.39 is 17.7 Å². The van der Waals surface area contributed by atoms with Crippen molar-refractivity contribution in [3.63, 3.8) is 0 Å². The van der Waals surface area contributed by atoms with Gasteiger partial charge in [0.15, 0.2) is 0 Å². The van der Waals surface area contributed by atoms with Crippen LogP contribution in [0, 0.1) is 0 Å². The van der Waals surface area contributed by atoms with E-state index in [-0.39, 0.29) is 16.8 Å². The van der Waals surface area contributed by atoms with E-state index >= 15 is 0 Å². The summed E-state index contributed by atoms with van der Waals surface area (Å²) in [6, 6.07) is 9.27. The maximum atomic E-state index is 12.3. The minimum absolute atomic E-state index is 0.0498. The predicted molar refractivity (Wildman–Crippen MR) is 91.9 cm³/mol. The van der Waals surface area contributed by atoms with E-state index in [1.165, 1.54) is 24.3 Å². The number of fused-ring (bicyclic) bond motifs is 1. The Labute approximate surface area is 147 Å². The van der Waals surface area contributed by atoms with Crippen molar-refractivity contribution in [3.05, 3.63) is 69.2 Å². The summed E-state index contributed by atoms with van der Waals surface area (Å²) in [5.74, 6) is -2.20. The molecule has 0 fully saturated rings. The molecule has 24 heavy (non-hydrogen) atoms. The molecule has 7 heteroatoms. The number of hydrogen-bond donors (Lipinski definition) is 1. The maximum Gasteiger partial charge on any atom is 0.270 e. The molecule has 0 spiro atoms. The fourth-order valence-corrected chi connectivity index (χ4v) is 2.86. The maximum absolute atomic E-state index is 12.3. The summed E-state index contributed by atoms with van der Waals surface area (Å²) < 4.78 is 0. The van der Waals surface area contributed by atoms with Crippen LogP contribution in [0.2, 0.25) is 10.0 Å². The lowest BCUT2D eigenvalue weighted by molar-refractivity contribution is -0.121. The summed E-state index contributed by atoms with van der Waals surface area (Å²) in [5.41, 5.74) is 6.58. The van der Waals surface area contributed by atoms with E-state index in [1.54, 1.807) is 18.2 Å². The molecule has 0 saturated heterocycles. The molecule has 2 N–H and O–H groups in total. The first-order valence-corrected chi connectivity index (χ1v) is 7.60. The topological polar surface area (TPSA) is 80.5 Å². The first-order valence-electron chi connectivity index (χ1n) is 6.84. The molecule has 0 aliphatic carbocycles. The van der Waals surface area contributed by atoms with Gasteiger partial charge in [0.25, 0.3) is 17.7 Å². The van der Waals surface area contributed by atoms with E-state index in [4.69, 9.17) is 28.9 Å². The Morgan fingerprint density at radius 3 is 2.50 bits per heavy atom. The fourth-order valence-electron chi connectivity index (χ4n) is 2.38. The van der Waals surface area contributed by atoms with Crippen LogP contribution in [-0.2, 0) is 4.79 Å². The third-order valence-corrected chi connectivity index (χ3v) is 4.10. The quantitative estimate of drug-likeness (QED) is 0.505. The SMILES string of the molecule is Nc1cccc2c1C(=O)N(C(=O)/C=C/c1ccc(Cl)cc1Cl)C2=O. The van der Waals surface area contributed by atoms with Gasteiger partial charge in [0.2, 0.25) is 0 Å². The number of hydrogen-bond acceptors (Lipinski definition) is 4. The second-order valence-electron chi connectivity index (χ2n) is 5.05. The molecule has 0 aromatic heterocycles. The average molecular weight is 361 g/mol. The second kappa shape index (κ2) is 6.11. The monoisotopic (exact) mass is 360 g/mol. The Bertz CT molecular complexity index is 922. The van der Waals surface area contributed by atoms with Crippen LogP contribution in [0.3, 0.4) is 0 Å². The summed E-state index contributed by atoms with van der Waals surface area (Å²) in [5, 5.41) is 0.803. The van der Waals surface area contributed by atoms with Gasteiger partial charge in [0, 0.05) is 21.8 Å². The van der Waals surface area contributed by atoms with Gasteiger partial charge < -0.3 is 5.73 Å². The number of nitrogens with zero attached hydrogens (tertiary/aromatic N) is 1. The van der Waals surface area contributed by atoms with Crippen LogP contribution in [0.5, 0.6) is 0 Å². The molecule has 2 aromatic rings. The molecule has 2 aromatic carbocycles. The van der Waals surface area contributed by atoms with Crippen LogP contribution in [0.1, 0.15) is 26.3 Å². The number of carbonyl (C=O) groups is 3. The van der Waals surface area contributed by atoms with Crippen molar-refractivity contribution in [2.75, 3.05) is 5.73 Å². The predicted octanol–water partition coefficient (Wildman–Crippen LogP) is 3.41. The first-order chi connectivity index (χ1) is 11.4. The van der Waals surface area contributed by atoms with Crippen molar-refractivity contribution in [1.82, 2.24) is 4.90 Å². The third kappa shape index (κ3) is 2.68. The molecule has 0 unspecified atom stereocenters. The number of carbonyl (C=O) groups excluding carboxylic acids is 3. The molecule has 3 amide bonds. The van der Waals surface area contributed by atoms with Crippen LogP contribution >= 0.6 is 23.2 Å². The summed E-state index contributed by atoms with van der Waals surface area (Å²) in [7, 11) is 0. The zero-order valence-electron chi connectivity index (χ0n) is 12.1. The molecule has 120 valence electrons. The Morgan fingerprint density at radius 1 is 1.08 bits per heavy atom. The number of benzene rings is 2. The van der Waals surface area contributed by atoms with Gasteiger partial charge in [0.05, 0.1) is 11.1 Å². The standard InChI is InChI=1S/C17H10Cl2N2O3/c18-10-6-4-9(12(19)8-10)5-7-14(22)21-16(23)11-2-1-3-13(20)15(11)17(21)24/h1-8H,20H2/b7-5+. The second-order valence-corrected chi connectivity index (χ2v) is 5.90. The van der Waals surface area contributed by atoms with Crippen molar-refractivity contribution in [2.24, 2.45) is 0 Å². The fraction of sp³-hybridized carbons (Fsp3) is 0. The highest BCUT2D eigenvalue weighted by Crippen LogP contribution is 2.28. The van der Waals surface area contributed by atoms with Gasteiger partial charge in [-0.05, 0) is 35.9 Å². The van der Waals surface area contributed by atoms with Crippen molar-refractivity contribution in [2.45, 2.75) is 0 Å². The molecular weight excluding hydrogens is 351 g/mol. The smallest absolute Gasteiger partial charge is 0.270 e. The number of rotatable bonds is 2. The van der Waals surface area contributed by atoms with Crippen molar-refractivity contribution in [1.29, 1.82) is 0 Å². The van der Waals surface area contributed by atoms with E-state index in [0.717, 1.165) is 6.08 Å². The molecule has 1 heterocycles. The number of imide groups is 3.